The number of thioether (sulfide) groups is 1. The minimum atomic E-state index is 0.282. The standard InChI is InChI=1S/C25H30N2OS/c28-23(19-8-2-1-3-9-19)11-4-5-14-26-16-13-22-21(18-26)20-10-6-12-24-25(20)27(22)15-7-17-29-24/h1-3,6,8-10,12,21-22H,4-5,7,11,13-18H2/t21-,22-/m1/s1. The highest BCUT2D eigenvalue weighted by atomic mass is 32.2. The highest BCUT2D eigenvalue weighted by molar-refractivity contribution is 7.99. The fourth-order valence-electron chi connectivity index (χ4n) is 5.40. The average molecular weight is 407 g/mol. The van der Waals surface area contributed by atoms with Gasteiger partial charge in [-0.2, -0.15) is 0 Å². The molecule has 3 aliphatic rings. The molecule has 0 aromatic heterocycles. The zero-order chi connectivity index (χ0) is 19.6. The van der Waals surface area contributed by atoms with Gasteiger partial charge in [0.2, 0.25) is 0 Å². The van der Waals surface area contributed by atoms with Crippen LogP contribution < -0.4 is 4.90 Å². The van der Waals surface area contributed by atoms with E-state index in [2.05, 4.69) is 28.0 Å². The van der Waals surface area contributed by atoms with E-state index in [4.69, 9.17) is 0 Å². The van der Waals surface area contributed by atoms with Crippen molar-refractivity contribution in [1.82, 2.24) is 4.90 Å². The second-order valence-corrected chi connectivity index (χ2v) is 9.74. The number of piperidine rings is 1. The van der Waals surface area contributed by atoms with Crippen molar-refractivity contribution >= 4 is 23.2 Å². The Morgan fingerprint density at radius 2 is 1.93 bits per heavy atom. The van der Waals surface area contributed by atoms with Gasteiger partial charge >= 0.3 is 0 Å². The quantitative estimate of drug-likeness (QED) is 0.485. The lowest BCUT2D eigenvalue weighted by molar-refractivity contribution is 0.0977. The Balaban J connectivity index is 1.17. The van der Waals surface area contributed by atoms with Crippen LogP contribution in [0.2, 0.25) is 0 Å². The molecule has 0 unspecified atom stereocenters. The number of nitrogens with zero attached hydrogens (tertiary/aromatic N) is 2. The van der Waals surface area contributed by atoms with Gasteiger partial charge in [-0.3, -0.25) is 4.79 Å². The smallest absolute Gasteiger partial charge is 0.162 e. The van der Waals surface area contributed by atoms with Gasteiger partial charge in [0, 0.05) is 48.5 Å². The van der Waals surface area contributed by atoms with Crippen molar-refractivity contribution in [3.63, 3.8) is 0 Å². The number of benzene rings is 2. The summed E-state index contributed by atoms with van der Waals surface area (Å²) in [6, 6.07) is 17.4. The van der Waals surface area contributed by atoms with E-state index in [-0.39, 0.29) is 5.78 Å². The largest absolute Gasteiger partial charge is 0.367 e. The second kappa shape index (κ2) is 8.53. The number of likely N-dealkylation sites (tertiary alicyclic amines) is 1. The zero-order valence-electron chi connectivity index (χ0n) is 17.1. The van der Waals surface area contributed by atoms with E-state index >= 15 is 0 Å². The number of para-hydroxylation sites is 1. The predicted octanol–water partition coefficient (Wildman–Crippen LogP) is 5.21. The fraction of sp³-hybridized carbons (Fsp3) is 0.480. The molecule has 3 heterocycles. The van der Waals surface area contributed by atoms with Crippen LogP contribution in [0.3, 0.4) is 0 Å². The monoisotopic (exact) mass is 406 g/mol. The average Bonchev–Trinajstić information content (AvgIpc) is 2.92. The summed E-state index contributed by atoms with van der Waals surface area (Å²) in [5.41, 5.74) is 4.00. The van der Waals surface area contributed by atoms with E-state index in [1.54, 1.807) is 11.3 Å². The van der Waals surface area contributed by atoms with Crippen LogP contribution in [0.1, 0.15) is 53.9 Å². The van der Waals surface area contributed by atoms with Crippen LogP contribution in [-0.4, -0.2) is 48.7 Å². The van der Waals surface area contributed by atoms with Crippen molar-refractivity contribution in [2.75, 3.05) is 36.8 Å². The topological polar surface area (TPSA) is 23.6 Å². The SMILES string of the molecule is O=C(CCCCN1CC[C@@H]2[C@H](C1)c1cccc3c1N2CCCS3)c1ccccc1. The first-order valence-electron chi connectivity index (χ1n) is 11.1. The second-order valence-electron chi connectivity index (χ2n) is 8.60. The van der Waals surface area contributed by atoms with E-state index in [1.807, 2.05) is 42.1 Å². The summed E-state index contributed by atoms with van der Waals surface area (Å²) in [6.07, 6.45) is 5.33. The molecule has 1 fully saturated rings. The van der Waals surface area contributed by atoms with E-state index in [9.17, 15) is 4.79 Å². The number of hydrogen-bond acceptors (Lipinski definition) is 4. The molecule has 3 nitrogen and oxygen atoms in total. The molecule has 29 heavy (non-hydrogen) atoms. The number of anilines is 1. The van der Waals surface area contributed by atoms with E-state index < -0.39 is 0 Å². The Labute approximate surface area is 178 Å². The van der Waals surface area contributed by atoms with Gasteiger partial charge in [-0.25, -0.2) is 0 Å². The molecule has 5 rings (SSSR count). The van der Waals surface area contributed by atoms with Crippen LogP contribution in [0.25, 0.3) is 0 Å². The van der Waals surface area contributed by atoms with Crippen molar-refractivity contribution < 1.29 is 4.79 Å². The Morgan fingerprint density at radius 1 is 1.03 bits per heavy atom. The first-order valence-corrected chi connectivity index (χ1v) is 12.1. The van der Waals surface area contributed by atoms with Gasteiger partial charge in [0.25, 0.3) is 0 Å². The highest BCUT2D eigenvalue weighted by Crippen LogP contribution is 2.50. The van der Waals surface area contributed by atoms with Gasteiger partial charge in [0.15, 0.2) is 5.78 Å². The molecule has 2 atom stereocenters. The minimum Gasteiger partial charge on any atom is -0.367 e. The lowest BCUT2D eigenvalue weighted by Gasteiger charge is -2.39. The van der Waals surface area contributed by atoms with Gasteiger partial charge in [-0.1, -0.05) is 42.5 Å². The lowest BCUT2D eigenvalue weighted by Crippen LogP contribution is -2.46. The van der Waals surface area contributed by atoms with Crippen molar-refractivity contribution in [1.29, 1.82) is 0 Å². The maximum absolute atomic E-state index is 12.3. The third-order valence-electron chi connectivity index (χ3n) is 6.80. The Kier molecular flexibility index (Phi) is 5.65. The Bertz CT molecular complexity index is 868. The van der Waals surface area contributed by atoms with E-state index in [0.29, 0.717) is 18.4 Å². The summed E-state index contributed by atoms with van der Waals surface area (Å²) in [5.74, 6) is 2.19. The summed E-state index contributed by atoms with van der Waals surface area (Å²) in [6.45, 7) is 4.71. The summed E-state index contributed by atoms with van der Waals surface area (Å²) < 4.78 is 0. The number of hydrogen-bond donors (Lipinski definition) is 0. The van der Waals surface area contributed by atoms with Crippen LogP contribution in [0.4, 0.5) is 5.69 Å². The lowest BCUT2D eigenvalue weighted by atomic mass is 9.89. The van der Waals surface area contributed by atoms with Crippen LogP contribution in [0.15, 0.2) is 53.4 Å². The van der Waals surface area contributed by atoms with Gasteiger partial charge in [-0.05, 0) is 49.6 Å². The summed E-state index contributed by atoms with van der Waals surface area (Å²) in [4.78, 5) is 19.2. The van der Waals surface area contributed by atoms with Crippen LogP contribution in [0, 0.1) is 0 Å². The maximum atomic E-state index is 12.3. The van der Waals surface area contributed by atoms with Crippen LogP contribution >= 0.6 is 11.8 Å². The number of fused-ring (bicyclic) bond motifs is 3. The molecule has 0 bridgehead atoms. The predicted molar refractivity (Wildman–Crippen MR) is 121 cm³/mol. The zero-order valence-corrected chi connectivity index (χ0v) is 17.9. The summed E-state index contributed by atoms with van der Waals surface area (Å²) in [5, 5.41) is 0. The van der Waals surface area contributed by atoms with Crippen LogP contribution in [-0.2, 0) is 0 Å². The highest BCUT2D eigenvalue weighted by Gasteiger charge is 2.43. The maximum Gasteiger partial charge on any atom is 0.162 e. The normalized spacial score (nSPS) is 23.4. The molecule has 0 amide bonds. The van der Waals surface area contributed by atoms with Crippen LogP contribution in [0.5, 0.6) is 0 Å². The molecule has 2 aromatic rings. The number of carbonyl (C=O) groups excluding carboxylic acids is 1. The van der Waals surface area contributed by atoms with Gasteiger partial charge in [-0.15, -0.1) is 11.8 Å². The molecule has 0 aliphatic carbocycles. The Hall–Kier alpha value is -1.78. The molecule has 1 saturated heterocycles. The third-order valence-corrected chi connectivity index (χ3v) is 7.94. The molecule has 2 aromatic carbocycles. The Morgan fingerprint density at radius 3 is 2.83 bits per heavy atom. The number of rotatable bonds is 6. The van der Waals surface area contributed by atoms with Crippen molar-refractivity contribution in [3.8, 4) is 0 Å². The van der Waals surface area contributed by atoms with Gasteiger partial charge < -0.3 is 9.80 Å². The van der Waals surface area contributed by atoms with Gasteiger partial charge in [0.1, 0.15) is 0 Å². The van der Waals surface area contributed by atoms with Gasteiger partial charge in [0.05, 0.1) is 5.69 Å². The van der Waals surface area contributed by atoms with E-state index in [1.165, 1.54) is 43.1 Å². The minimum absolute atomic E-state index is 0.282. The van der Waals surface area contributed by atoms with Crippen molar-refractivity contribution in [3.05, 3.63) is 59.7 Å². The van der Waals surface area contributed by atoms with Crippen molar-refractivity contribution in [2.45, 2.75) is 49.0 Å². The van der Waals surface area contributed by atoms with Crippen molar-refractivity contribution in [2.24, 2.45) is 0 Å². The summed E-state index contributed by atoms with van der Waals surface area (Å²) in [7, 11) is 0. The fourth-order valence-corrected chi connectivity index (χ4v) is 6.44. The molecular weight excluding hydrogens is 376 g/mol. The molecule has 4 heteroatoms. The van der Waals surface area contributed by atoms with E-state index in [0.717, 1.165) is 24.9 Å². The molecular formula is C25H30N2OS. The first-order chi connectivity index (χ1) is 14.3. The first kappa shape index (κ1) is 19.2. The molecule has 0 radical (unpaired) electrons. The molecule has 152 valence electrons. The number of Topliss-reactive ketones (excluding diaryl/α,β-unsaturated/α-hetero) is 1. The summed E-state index contributed by atoms with van der Waals surface area (Å²) >= 11 is 2.04. The number of carbonyl (C=O) groups is 1. The number of unbranched alkanes of at least 4 members (excludes halogenated alkanes) is 1. The molecule has 0 N–H and O–H groups in total. The molecule has 3 aliphatic heterocycles. The number of ketones is 1. The third kappa shape index (κ3) is 3.85. The molecule has 0 spiro atoms. The molecule has 0 saturated carbocycles.